The normalized spacial score (nSPS) is 30.4. The first-order chi connectivity index (χ1) is 9.19. The van der Waals surface area contributed by atoms with Crippen LogP contribution in [0.3, 0.4) is 0 Å². The van der Waals surface area contributed by atoms with Crippen molar-refractivity contribution in [2.45, 2.75) is 63.6 Å². The molecule has 1 aromatic carbocycles. The predicted octanol–water partition coefficient (Wildman–Crippen LogP) is 3.75. The number of morpholine rings is 1. The Labute approximate surface area is 116 Å². The van der Waals surface area contributed by atoms with Crippen molar-refractivity contribution < 1.29 is 4.74 Å². The molecule has 0 aromatic heterocycles. The first-order valence-electron chi connectivity index (χ1n) is 7.64. The summed E-state index contributed by atoms with van der Waals surface area (Å²) >= 11 is 0. The average molecular weight is 259 g/mol. The summed E-state index contributed by atoms with van der Waals surface area (Å²) in [6.45, 7) is 5.26. The van der Waals surface area contributed by atoms with Gasteiger partial charge in [0, 0.05) is 11.6 Å². The highest BCUT2D eigenvalue weighted by molar-refractivity contribution is 5.25. The summed E-state index contributed by atoms with van der Waals surface area (Å²) < 4.78 is 6.25. The van der Waals surface area contributed by atoms with Gasteiger partial charge >= 0.3 is 0 Å². The molecule has 1 aliphatic carbocycles. The standard InChI is InChI=1S/C17H25NO/c1-13-6-8-15(9-7-13)16-14(2)18-17(12-19-16)10-4-3-5-11-17/h6-9,14,16,18H,3-5,10-12H2,1-2H3. The Morgan fingerprint density at radius 3 is 2.42 bits per heavy atom. The third-order valence-electron chi connectivity index (χ3n) is 4.74. The van der Waals surface area contributed by atoms with Crippen LogP contribution in [0.2, 0.25) is 0 Å². The molecule has 2 aliphatic rings. The Hall–Kier alpha value is -0.860. The molecule has 3 rings (SSSR count). The lowest BCUT2D eigenvalue weighted by atomic mass is 9.80. The van der Waals surface area contributed by atoms with E-state index in [2.05, 4.69) is 43.4 Å². The minimum absolute atomic E-state index is 0.202. The zero-order chi connectivity index (χ0) is 13.3. The van der Waals surface area contributed by atoms with Crippen LogP contribution in [0, 0.1) is 6.92 Å². The lowest BCUT2D eigenvalue weighted by molar-refractivity contribution is -0.0714. The van der Waals surface area contributed by atoms with E-state index >= 15 is 0 Å². The summed E-state index contributed by atoms with van der Waals surface area (Å²) in [7, 11) is 0. The van der Waals surface area contributed by atoms with Crippen molar-refractivity contribution in [3.05, 3.63) is 35.4 Å². The van der Waals surface area contributed by atoms with Crippen molar-refractivity contribution in [2.24, 2.45) is 0 Å². The van der Waals surface area contributed by atoms with E-state index in [0.717, 1.165) is 6.61 Å². The van der Waals surface area contributed by atoms with Crippen molar-refractivity contribution in [1.29, 1.82) is 0 Å². The molecule has 2 unspecified atom stereocenters. The minimum Gasteiger partial charge on any atom is -0.370 e. The predicted molar refractivity (Wildman–Crippen MR) is 78.3 cm³/mol. The molecule has 2 nitrogen and oxygen atoms in total. The molecule has 0 amide bonds. The second-order valence-corrected chi connectivity index (χ2v) is 6.42. The summed E-state index contributed by atoms with van der Waals surface area (Å²) in [6.07, 6.45) is 6.83. The average Bonchev–Trinajstić information content (AvgIpc) is 2.41. The number of hydrogen-bond donors (Lipinski definition) is 1. The highest BCUT2D eigenvalue weighted by Crippen LogP contribution is 2.36. The molecule has 1 heterocycles. The molecule has 0 radical (unpaired) electrons. The number of rotatable bonds is 1. The SMILES string of the molecule is Cc1ccc(C2OCC3(CCCCC3)NC2C)cc1. The second kappa shape index (κ2) is 5.26. The number of aryl methyl sites for hydroxylation is 1. The van der Waals surface area contributed by atoms with Gasteiger partial charge in [0.1, 0.15) is 0 Å². The highest BCUT2D eigenvalue weighted by Gasteiger charge is 2.40. The van der Waals surface area contributed by atoms with Gasteiger partial charge in [-0.3, -0.25) is 0 Å². The van der Waals surface area contributed by atoms with Gasteiger partial charge in [0.05, 0.1) is 12.7 Å². The maximum Gasteiger partial charge on any atom is 0.0976 e. The summed E-state index contributed by atoms with van der Waals surface area (Å²) in [4.78, 5) is 0. The van der Waals surface area contributed by atoms with E-state index in [1.54, 1.807) is 0 Å². The lowest BCUT2D eigenvalue weighted by Gasteiger charge is -2.47. The van der Waals surface area contributed by atoms with E-state index in [1.165, 1.54) is 43.2 Å². The summed E-state index contributed by atoms with van der Waals surface area (Å²) in [5, 5.41) is 3.87. The molecular formula is C17H25NO. The first-order valence-corrected chi connectivity index (χ1v) is 7.64. The Kier molecular flexibility index (Phi) is 3.64. The summed E-state index contributed by atoms with van der Waals surface area (Å²) in [5.74, 6) is 0. The van der Waals surface area contributed by atoms with Gasteiger partial charge in [0.15, 0.2) is 0 Å². The van der Waals surface area contributed by atoms with Gasteiger partial charge in [-0.2, -0.15) is 0 Å². The van der Waals surface area contributed by atoms with Crippen LogP contribution < -0.4 is 5.32 Å². The number of ether oxygens (including phenoxy) is 1. The van der Waals surface area contributed by atoms with Crippen molar-refractivity contribution in [3.8, 4) is 0 Å². The number of benzene rings is 1. The Bertz CT molecular complexity index is 419. The van der Waals surface area contributed by atoms with Crippen molar-refractivity contribution in [2.75, 3.05) is 6.61 Å². The lowest BCUT2D eigenvalue weighted by Crippen LogP contribution is -2.59. The van der Waals surface area contributed by atoms with Crippen LogP contribution in [0.25, 0.3) is 0 Å². The summed E-state index contributed by atoms with van der Waals surface area (Å²) in [5.41, 5.74) is 2.87. The van der Waals surface area contributed by atoms with E-state index in [-0.39, 0.29) is 11.6 Å². The quantitative estimate of drug-likeness (QED) is 0.829. The van der Waals surface area contributed by atoms with Crippen LogP contribution in [0.1, 0.15) is 56.3 Å². The van der Waals surface area contributed by atoms with Crippen LogP contribution in [0.15, 0.2) is 24.3 Å². The van der Waals surface area contributed by atoms with Gasteiger partial charge in [0.2, 0.25) is 0 Å². The molecule has 1 N–H and O–H groups in total. The van der Waals surface area contributed by atoms with E-state index in [1.807, 2.05) is 0 Å². The Balaban J connectivity index is 1.72. The molecule has 1 aliphatic heterocycles. The minimum atomic E-state index is 0.202. The topological polar surface area (TPSA) is 21.3 Å². The number of hydrogen-bond acceptors (Lipinski definition) is 2. The molecule has 19 heavy (non-hydrogen) atoms. The van der Waals surface area contributed by atoms with Gasteiger partial charge in [-0.15, -0.1) is 0 Å². The molecule has 1 aromatic rings. The van der Waals surface area contributed by atoms with E-state index < -0.39 is 0 Å². The molecule has 2 fully saturated rings. The van der Waals surface area contributed by atoms with Crippen molar-refractivity contribution in [1.82, 2.24) is 5.32 Å². The van der Waals surface area contributed by atoms with Crippen molar-refractivity contribution >= 4 is 0 Å². The molecule has 1 saturated heterocycles. The van der Waals surface area contributed by atoms with E-state index in [4.69, 9.17) is 4.74 Å². The van der Waals surface area contributed by atoms with Gasteiger partial charge in [-0.25, -0.2) is 0 Å². The smallest absolute Gasteiger partial charge is 0.0976 e. The fourth-order valence-corrected chi connectivity index (χ4v) is 3.65. The monoisotopic (exact) mass is 259 g/mol. The first kappa shape index (κ1) is 13.1. The van der Waals surface area contributed by atoms with E-state index in [9.17, 15) is 0 Å². The molecule has 1 saturated carbocycles. The zero-order valence-corrected chi connectivity index (χ0v) is 12.1. The van der Waals surface area contributed by atoms with Gasteiger partial charge in [-0.1, -0.05) is 49.1 Å². The fraction of sp³-hybridized carbons (Fsp3) is 0.647. The third kappa shape index (κ3) is 2.70. The van der Waals surface area contributed by atoms with Gasteiger partial charge in [-0.05, 0) is 32.3 Å². The Morgan fingerprint density at radius 1 is 1.11 bits per heavy atom. The molecular weight excluding hydrogens is 234 g/mol. The molecule has 104 valence electrons. The zero-order valence-electron chi connectivity index (χ0n) is 12.1. The second-order valence-electron chi connectivity index (χ2n) is 6.42. The van der Waals surface area contributed by atoms with E-state index in [0.29, 0.717) is 6.04 Å². The Morgan fingerprint density at radius 2 is 1.79 bits per heavy atom. The van der Waals surface area contributed by atoms with Crippen LogP contribution in [-0.4, -0.2) is 18.2 Å². The van der Waals surface area contributed by atoms with Crippen LogP contribution in [-0.2, 0) is 4.74 Å². The van der Waals surface area contributed by atoms with Gasteiger partial charge in [0.25, 0.3) is 0 Å². The van der Waals surface area contributed by atoms with Crippen LogP contribution in [0.5, 0.6) is 0 Å². The third-order valence-corrected chi connectivity index (χ3v) is 4.74. The fourth-order valence-electron chi connectivity index (χ4n) is 3.65. The number of nitrogens with one attached hydrogen (secondary N) is 1. The summed E-state index contributed by atoms with van der Waals surface area (Å²) in [6, 6.07) is 9.16. The maximum absolute atomic E-state index is 6.25. The van der Waals surface area contributed by atoms with Crippen molar-refractivity contribution in [3.63, 3.8) is 0 Å². The van der Waals surface area contributed by atoms with Gasteiger partial charge < -0.3 is 10.1 Å². The molecule has 0 bridgehead atoms. The van der Waals surface area contributed by atoms with Crippen LogP contribution in [0.4, 0.5) is 0 Å². The molecule has 1 spiro atoms. The maximum atomic E-state index is 6.25. The highest BCUT2D eigenvalue weighted by atomic mass is 16.5. The van der Waals surface area contributed by atoms with Crippen LogP contribution >= 0.6 is 0 Å². The molecule has 2 atom stereocenters. The molecule has 2 heteroatoms. The largest absolute Gasteiger partial charge is 0.370 e.